The first-order chi connectivity index (χ1) is 9.31. The molecule has 0 aromatic heterocycles. The Morgan fingerprint density at radius 2 is 2.00 bits per heavy atom. The summed E-state index contributed by atoms with van der Waals surface area (Å²) in [5.41, 5.74) is 0.575. The van der Waals surface area contributed by atoms with Crippen molar-refractivity contribution >= 4 is 11.8 Å². The highest BCUT2D eigenvalue weighted by molar-refractivity contribution is 5.94. The molecule has 0 unspecified atom stereocenters. The summed E-state index contributed by atoms with van der Waals surface area (Å²) in [7, 11) is 0. The Balaban J connectivity index is 2.44. The van der Waals surface area contributed by atoms with Crippen LogP contribution < -0.4 is 10.6 Å². The van der Waals surface area contributed by atoms with Crippen LogP contribution in [0.15, 0.2) is 24.3 Å². The Bertz CT molecular complexity index is 539. The van der Waals surface area contributed by atoms with Gasteiger partial charge in [-0.05, 0) is 39.0 Å². The summed E-state index contributed by atoms with van der Waals surface area (Å²) in [5.74, 6) is -0.394. The molecular formula is C15H19N3O2. The minimum Gasteiger partial charge on any atom is -0.352 e. The lowest BCUT2D eigenvalue weighted by atomic mass is 10.1. The number of benzene rings is 1. The molecule has 20 heavy (non-hydrogen) atoms. The van der Waals surface area contributed by atoms with E-state index >= 15 is 0 Å². The molecule has 0 bridgehead atoms. The number of rotatable bonds is 4. The van der Waals surface area contributed by atoms with Gasteiger partial charge in [-0.2, -0.15) is 5.26 Å². The minimum atomic E-state index is -0.286. The van der Waals surface area contributed by atoms with E-state index in [1.807, 2.05) is 26.8 Å². The number of carbonyl (C=O) groups is 2. The Labute approximate surface area is 119 Å². The van der Waals surface area contributed by atoms with Crippen LogP contribution in [0.25, 0.3) is 0 Å². The molecule has 1 rings (SSSR count). The zero-order valence-electron chi connectivity index (χ0n) is 12.0. The molecule has 1 aromatic carbocycles. The minimum absolute atomic E-state index is 0.108. The van der Waals surface area contributed by atoms with Crippen LogP contribution in [-0.4, -0.2) is 23.9 Å². The van der Waals surface area contributed by atoms with Gasteiger partial charge in [-0.3, -0.25) is 9.59 Å². The number of nitriles is 1. The van der Waals surface area contributed by atoms with Crippen molar-refractivity contribution in [1.82, 2.24) is 10.6 Å². The summed E-state index contributed by atoms with van der Waals surface area (Å²) in [6.45, 7) is 5.96. The average Bonchev–Trinajstić information content (AvgIpc) is 2.36. The molecule has 0 spiro atoms. The maximum atomic E-state index is 11.8. The van der Waals surface area contributed by atoms with Gasteiger partial charge >= 0.3 is 0 Å². The first-order valence-corrected chi connectivity index (χ1v) is 6.41. The lowest BCUT2D eigenvalue weighted by Gasteiger charge is -2.20. The van der Waals surface area contributed by atoms with Gasteiger partial charge in [0.1, 0.15) is 0 Å². The molecule has 2 amide bonds. The van der Waals surface area contributed by atoms with E-state index < -0.39 is 0 Å². The SMILES string of the molecule is CC(C)(C)NC(=O)CCNC(=O)c1cccc(C#N)c1. The van der Waals surface area contributed by atoms with Crippen molar-refractivity contribution in [2.75, 3.05) is 6.54 Å². The van der Waals surface area contributed by atoms with Gasteiger partial charge in [0.05, 0.1) is 11.6 Å². The van der Waals surface area contributed by atoms with Gasteiger partial charge in [0.15, 0.2) is 0 Å². The second-order valence-electron chi connectivity index (χ2n) is 5.50. The average molecular weight is 273 g/mol. The Kier molecular flexibility index (Phi) is 5.27. The maximum Gasteiger partial charge on any atom is 0.251 e. The zero-order chi connectivity index (χ0) is 15.2. The van der Waals surface area contributed by atoms with Gasteiger partial charge in [0.25, 0.3) is 5.91 Å². The van der Waals surface area contributed by atoms with Crippen LogP contribution in [0.4, 0.5) is 0 Å². The first-order valence-electron chi connectivity index (χ1n) is 6.41. The maximum absolute atomic E-state index is 11.8. The lowest BCUT2D eigenvalue weighted by molar-refractivity contribution is -0.122. The summed E-state index contributed by atoms with van der Waals surface area (Å²) in [5, 5.41) is 14.2. The van der Waals surface area contributed by atoms with E-state index in [2.05, 4.69) is 10.6 Å². The summed E-state index contributed by atoms with van der Waals surface area (Å²) < 4.78 is 0. The topological polar surface area (TPSA) is 82.0 Å². The second-order valence-corrected chi connectivity index (χ2v) is 5.50. The fraction of sp³-hybridized carbons (Fsp3) is 0.400. The molecule has 106 valence electrons. The number of nitrogens with one attached hydrogen (secondary N) is 2. The standard InChI is InChI=1S/C15H19N3O2/c1-15(2,3)18-13(19)7-8-17-14(20)12-6-4-5-11(9-12)10-16/h4-6,9H,7-8H2,1-3H3,(H,17,20)(H,18,19). The molecule has 0 atom stereocenters. The van der Waals surface area contributed by atoms with E-state index in [0.717, 1.165) is 0 Å². The van der Waals surface area contributed by atoms with Crippen molar-refractivity contribution in [2.24, 2.45) is 0 Å². The molecule has 1 aromatic rings. The smallest absolute Gasteiger partial charge is 0.251 e. The van der Waals surface area contributed by atoms with Crippen LogP contribution in [0.3, 0.4) is 0 Å². The monoisotopic (exact) mass is 273 g/mol. The Hall–Kier alpha value is -2.35. The van der Waals surface area contributed by atoms with Crippen LogP contribution in [-0.2, 0) is 4.79 Å². The van der Waals surface area contributed by atoms with Crippen LogP contribution in [0.2, 0.25) is 0 Å². The lowest BCUT2D eigenvalue weighted by Crippen LogP contribution is -2.41. The number of nitrogens with zero attached hydrogens (tertiary/aromatic N) is 1. The van der Waals surface area contributed by atoms with Crippen LogP contribution in [0, 0.1) is 11.3 Å². The van der Waals surface area contributed by atoms with E-state index in [9.17, 15) is 9.59 Å². The van der Waals surface area contributed by atoms with Gasteiger partial charge in [0.2, 0.25) is 5.91 Å². The van der Waals surface area contributed by atoms with E-state index in [4.69, 9.17) is 5.26 Å². The fourth-order valence-electron chi connectivity index (χ4n) is 1.60. The third kappa shape index (κ3) is 5.53. The van der Waals surface area contributed by atoms with Crippen molar-refractivity contribution in [3.8, 4) is 6.07 Å². The van der Waals surface area contributed by atoms with E-state index in [1.54, 1.807) is 18.2 Å². The van der Waals surface area contributed by atoms with Gasteiger partial charge in [0, 0.05) is 24.1 Å². The summed E-state index contributed by atoms with van der Waals surface area (Å²) in [4.78, 5) is 23.4. The van der Waals surface area contributed by atoms with Crippen LogP contribution in [0.1, 0.15) is 43.1 Å². The molecule has 0 radical (unpaired) electrons. The van der Waals surface area contributed by atoms with E-state index in [-0.39, 0.29) is 30.3 Å². The molecule has 5 nitrogen and oxygen atoms in total. The molecule has 5 heteroatoms. The number of hydrogen-bond acceptors (Lipinski definition) is 3. The molecule has 0 saturated heterocycles. The van der Waals surface area contributed by atoms with Crippen molar-refractivity contribution in [3.05, 3.63) is 35.4 Å². The Morgan fingerprint density at radius 3 is 2.60 bits per heavy atom. The molecule has 0 fully saturated rings. The molecule has 0 heterocycles. The fourth-order valence-corrected chi connectivity index (χ4v) is 1.60. The van der Waals surface area contributed by atoms with Gasteiger partial charge in [-0.1, -0.05) is 6.07 Å². The van der Waals surface area contributed by atoms with E-state index in [1.165, 1.54) is 6.07 Å². The number of amides is 2. The van der Waals surface area contributed by atoms with Crippen molar-refractivity contribution in [1.29, 1.82) is 5.26 Å². The molecule has 0 aliphatic carbocycles. The highest BCUT2D eigenvalue weighted by Crippen LogP contribution is 2.04. The van der Waals surface area contributed by atoms with Crippen LogP contribution in [0.5, 0.6) is 0 Å². The van der Waals surface area contributed by atoms with Crippen LogP contribution >= 0.6 is 0 Å². The van der Waals surface area contributed by atoms with Gasteiger partial charge < -0.3 is 10.6 Å². The van der Waals surface area contributed by atoms with Gasteiger partial charge in [-0.25, -0.2) is 0 Å². The molecule has 0 aliphatic rings. The third-order valence-corrected chi connectivity index (χ3v) is 2.41. The van der Waals surface area contributed by atoms with Crippen molar-refractivity contribution in [2.45, 2.75) is 32.7 Å². The quantitative estimate of drug-likeness (QED) is 0.874. The number of hydrogen-bond donors (Lipinski definition) is 2. The predicted octanol–water partition coefficient (Wildman–Crippen LogP) is 1.59. The largest absolute Gasteiger partial charge is 0.352 e. The van der Waals surface area contributed by atoms with E-state index in [0.29, 0.717) is 11.1 Å². The highest BCUT2D eigenvalue weighted by atomic mass is 16.2. The second kappa shape index (κ2) is 6.71. The number of carbonyl (C=O) groups excluding carboxylic acids is 2. The normalized spacial score (nSPS) is 10.5. The third-order valence-electron chi connectivity index (χ3n) is 2.41. The molecular weight excluding hydrogens is 254 g/mol. The first kappa shape index (κ1) is 15.7. The Morgan fingerprint density at radius 1 is 1.30 bits per heavy atom. The van der Waals surface area contributed by atoms with Crippen molar-refractivity contribution in [3.63, 3.8) is 0 Å². The highest BCUT2D eigenvalue weighted by Gasteiger charge is 2.13. The van der Waals surface area contributed by atoms with Gasteiger partial charge in [-0.15, -0.1) is 0 Å². The molecule has 0 saturated carbocycles. The summed E-state index contributed by atoms with van der Waals surface area (Å²) in [6.07, 6.45) is 0.223. The molecule has 0 aliphatic heterocycles. The zero-order valence-corrected chi connectivity index (χ0v) is 12.0. The van der Waals surface area contributed by atoms with Crippen molar-refractivity contribution < 1.29 is 9.59 Å². The predicted molar refractivity (Wildman–Crippen MR) is 76.0 cm³/mol. The summed E-state index contributed by atoms with van der Waals surface area (Å²) >= 11 is 0. The summed E-state index contributed by atoms with van der Waals surface area (Å²) in [6, 6.07) is 8.41. The molecule has 2 N–H and O–H groups in total.